The topological polar surface area (TPSA) is 192 Å². The van der Waals surface area contributed by atoms with E-state index in [4.69, 9.17) is 0 Å². The third kappa shape index (κ3) is 7.04. The zero-order valence-electron chi connectivity index (χ0n) is 30.6. The first-order valence-electron chi connectivity index (χ1n) is 17.8. The Hall–Kier alpha value is -6.00. The van der Waals surface area contributed by atoms with Crippen LogP contribution in [0.25, 0.3) is 21.5 Å². The van der Waals surface area contributed by atoms with Gasteiger partial charge in [0.15, 0.2) is 0 Å². The molecule has 2 N–H and O–H groups in total. The number of likely N-dealkylation sites (N-methyl/N-ethyl adjacent to an activating group) is 2. The average Bonchev–Trinajstić information content (AvgIpc) is 3.13. The van der Waals surface area contributed by atoms with Crippen LogP contribution in [0.2, 0.25) is 0 Å². The number of hydrogen-bond acceptors (Lipinski definition) is 12. The number of unbranched alkanes of at least 4 members (excludes halogenated alkanes) is 3. The third-order valence-electron chi connectivity index (χ3n) is 9.83. The van der Waals surface area contributed by atoms with Crippen LogP contribution >= 0.6 is 0 Å². The number of amides is 4. The van der Waals surface area contributed by atoms with Crippen molar-refractivity contribution in [3.05, 3.63) is 91.0 Å². The van der Waals surface area contributed by atoms with E-state index in [0.717, 1.165) is 22.6 Å². The number of nitro groups is 2. The van der Waals surface area contributed by atoms with Gasteiger partial charge in [-0.15, -0.1) is 0 Å². The monoisotopic (exact) mass is 738 g/mol. The molecule has 0 saturated carbocycles. The number of nitro benzene ring substituents is 2. The molecule has 4 amide bonds. The Labute approximate surface area is 311 Å². The summed E-state index contributed by atoms with van der Waals surface area (Å²) in [6.07, 6.45) is 2.76. The minimum Gasteiger partial charge on any atom is -0.379 e. The van der Waals surface area contributed by atoms with Crippen molar-refractivity contribution in [2.24, 2.45) is 0 Å². The summed E-state index contributed by atoms with van der Waals surface area (Å²) in [6.45, 7) is 1.99. The number of hydrogen-bond donors (Lipinski definition) is 2. The molecule has 16 nitrogen and oxygen atoms in total. The first-order valence-corrected chi connectivity index (χ1v) is 17.8. The van der Waals surface area contributed by atoms with Gasteiger partial charge in [0.25, 0.3) is 35.0 Å². The first-order chi connectivity index (χ1) is 25.8. The second-order valence-corrected chi connectivity index (χ2v) is 14.0. The van der Waals surface area contributed by atoms with E-state index < -0.39 is 33.5 Å². The van der Waals surface area contributed by atoms with E-state index in [1.165, 1.54) is 12.1 Å². The summed E-state index contributed by atoms with van der Waals surface area (Å²) in [7, 11) is 7.31. The predicted molar refractivity (Wildman–Crippen MR) is 204 cm³/mol. The number of anilines is 2. The van der Waals surface area contributed by atoms with Crippen molar-refractivity contribution in [3.63, 3.8) is 0 Å². The van der Waals surface area contributed by atoms with Gasteiger partial charge in [0.1, 0.15) is 11.4 Å². The highest BCUT2D eigenvalue weighted by Gasteiger charge is 2.37. The highest BCUT2D eigenvalue weighted by atomic mass is 16.6. The lowest BCUT2D eigenvalue weighted by Crippen LogP contribution is -2.43. The van der Waals surface area contributed by atoms with Crippen LogP contribution in [-0.2, 0) is 0 Å². The zero-order valence-corrected chi connectivity index (χ0v) is 30.6. The Morgan fingerprint density at radius 2 is 0.944 bits per heavy atom. The van der Waals surface area contributed by atoms with Gasteiger partial charge in [-0.2, -0.15) is 0 Å². The Morgan fingerprint density at radius 3 is 1.30 bits per heavy atom. The van der Waals surface area contributed by atoms with Gasteiger partial charge in [0.05, 0.1) is 21.0 Å². The molecule has 0 aliphatic carbocycles. The summed E-state index contributed by atoms with van der Waals surface area (Å²) < 4.78 is 0. The molecular formula is C38H42N8O8. The van der Waals surface area contributed by atoms with Gasteiger partial charge in [-0.3, -0.25) is 49.2 Å². The Kier molecular flexibility index (Phi) is 10.9. The van der Waals surface area contributed by atoms with Crippen molar-refractivity contribution >= 4 is 67.9 Å². The van der Waals surface area contributed by atoms with Gasteiger partial charge in [-0.1, -0.05) is 37.1 Å². The number of rotatable bonds is 17. The molecule has 16 heteroatoms. The number of benzene rings is 4. The largest absolute Gasteiger partial charge is 0.379 e. The number of carbonyl (C=O) groups is 4. The molecule has 0 unspecified atom stereocenters. The maximum atomic E-state index is 13.4. The van der Waals surface area contributed by atoms with Crippen LogP contribution in [0.3, 0.4) is 0 Å². The van der Waals surface area contributed by atoms with Crippen LogP contribution < -0.4 is 10.6 Å². The molecule has 4 aromatic rings. The highest BCUT2D eigenvalue weighted by Crippen LogP contribution is 2.42. The molecule has 2 heterocycles. The molecule has 0 bridgehead atoms. The summed E-state index contributed by atoms with van der Waals surface area (Å²) in [5.74, 6) is -1.99. The molecule has 0 radical (unpaired) electrons. The molecule has 0 atom stereocenters. The third-order valence-corrected chi connectivity index (χ3v) is 9.83. The fourth-order valence-electron chi connectivity index (χ4n) is 7.10. The van der Waals surface area contributed by atoms with Crippen LogP contribution in [0.15, 0.2) is 48.5 Å². The number of nitrogens with one attached hydrogen (secondary N) is 2. The Bertz CT molecular complexity index is 2060. The SMILES string of the molecule is CN(C)CCN1C(=O)c2cccc3c(NCCCCCCNc4c([N+](=O)[O-])cc5c6c(cccc46)C(=O)N(CCN(C)C)C5=O)c([N+](=O)[O-])cc(c23)C1=O. The van der Waals surface area contributed by atoms with E-state index in [-0.39, 0.29) is 47.0 Å². The smallest absolute Gasteiger partial charge is 0.293 e. The molecular weight excluding hydrogens is 696 g/mol. The fraction of sp³-hybridized carbons (Fsp3) is 0.368. The lowest BCUT2D eigenvalue weighted by Gasteiger charge is -2.28. The molecule has 54 heavy (non-hydrogen) atoms. The predicted octanol–water partition coefficient (Wildman–Crippen LogP) is 5.21. The van der Waals surface area contributed by atoms with E-state index >= 15 is 0 Å². The van der Waals surface area contributed by atoms with Crippen LogP contribution in [0.4, 0.5) is 22.7 Å². The Balaban J connectivity index is 1.11. The summed E-state index contributed by atoms with van der Waals surface area (Å²) in [5.41, 5.74) is 0.892. The summed E-state index contributed by atoms with van der Waals surface area (Å²) in [6, 6.07) is 12.4. The molecule has 0 saturated heterocycles. The summed E-state index contributed by atoms with van der Waals surface area (Å²) >= 11 is 0. The van der Waals surface area contributed by atoms with Gasteiger partial charge in [-0.25, -0.2) is 0 Å². The minimum atomic E-state index is -0.559. The first kappa shape index (κ1) is 37.7. The van der Waals surface area contributed by atoms with Gasteiger partial charge in [-0.05, 0) is 53.2 Å². The van der Waals surface area contributed by atoms with E-state index in [0.29, 0.717) is 71.7 Å². The van der Waals surface area contributed by atoms with Crippen LogP contribution in [-0.4, -0.2) is 121 Å². The minimum absolute atomic E-state index is 0.125. The lowest BCUT2D eigenvalue weighted by atomic mass is 9.92. The van der Waals surface area contributed by atoms with Crippen molar-refractivity contribution in [1.82, 2.24) is 19.6 Å². The fourth-order valence-corrected chi connectivity index (χ4v) is 7.10. The van der Waals surface area contributed by atoms with Crippen molar-refractivity contribution < 1.29 is 29.0 Å². The van der Waals surface area contributed by atoms with E-state index in [1.54, 1.807) is 36.4 Å². The molecule has 4 aromatic carbocycles. The molecule has 282 valence electrons. The highest BCUT2D eigenvalue weighted by molar-refractivity contribution is 6.28. The van der Waals surface area contributed by atoms with Crippen LogP contribution in [0.5, 0.6) is 0 Å². The van der Waals surface area contributed by atoms with Crippen molar-refractivity contribution in [2.75, 3.05) is 78.1 Å². The summed E-state index contributed by atoms with van der Waals surface area (Å²) in [5, 5.41) is 32.5. The van der Waals surface area contributed by atoms with Crippen molar-refractivity contribution in [2.45, 2.75) is 25.7 Å². The van der Waals surface area contributed by atoms with Crippen LogP contribution in [0, 0.1) is 20.2 Å². The van der Waals surface area contributed by atoms with Gasteiger partial charge in [0.2, 0.25) is 0 Å². The maximum Gasteiger partial charge on any atom is 0.293 e. The molecule has 0 spiro atoms. The molecule has 6 rings (SSSR count). The number of nitrogens with zero attached hydrogens (tertiary/aromatic N) is 6. The van der Waals surface area contributed by atoms with E-state index in [2.05, 4.69) is 10.6 Å². The average molecular weight is 739 g/mol. The second kappa shape index (κ2) is 15.5. The normalized spacial score (nSPS) is 13.9. The number of carbonyl (C=O) groups excluding carboxylic acids is 4. The molecule has 0 aromatic heterocycles. The standard InChI is InChI=1S/C38H42N8O8/c1-41(2)17-19-43-35(47)25-13-9-11-23-31(25)27(37(43)49)21-29(45(51)52)33(23)39-15-7-5-6-8-16-40-34-24-12-10-14-26-32(24)28(22-30(34)46(53)54)38(50)44(36(26)48)20-18-42(3)4/h9-14,21-22,39-40H,5-8,15-20H2,1-4H3. The van der Waals surface area contributed by atoms with Crippen molar-refractivity contribution in [3.8, 4) is 0 Å². The van der Waals surface area contributed by atoms with Crippen LogP contribution in [0.1, 0.15) is 67.1 Å². The molecule has 2 aliphatic rings. The van der Waals surface area contributed by atoms with Gasteiger partial charge in [0, 0.05) is 84.1 Å². The molecule has 0 fully saturated rings. The lowest BCUT2D eigenvalue weighted by molar-refractivity contribution is -0.384. The van der Waals surface area contributed by atoms with E-state index in [9.17, 15) is 39.4 Å². The molecule has 2 aliphatic heterocycles. The van der Waals surface area contributed by atoms with Gasteiger partial charge < -0.3 is 20.4 Å². The van der Waals surface area contributed by atoms with E-state index in [1.807, 2.05) is 38.0 Å². The number of imide groups is 2. The quantitative estimate of drug-likeness (QED) is 0.0623. The van der Waals surface area contributed by atoms with Crippen molar-refractivity contribution in [1.29, 1.82) is 0 Å². The Morgan fingerprint density at radius 1 is 0.574 bits per heavy atom. The second-order valence-electron chi connectivity index (χ2n) is 14.0. The summed E-state index contributed by atoms with van der Waals surface area (Å²) in [4.78, 5) is 82.8. The maximum absolute atomic E-state index is 13.4. The van der Waals surface area contributed by atoms with Gasteiger partial charge >= 0.3 is 0 Å². The zero-order chi connectivity index (χ0) is 38.8.